The van der Waals surface area contributed by atoms with Crippen LogP contribution in [-0.2, 0) is 21.4 Å². The van der Waals surface area contributed by atoms with E-state index in [4.69, 9.17) is 10.5 Å². The van der Waals surface area contributed by atoms with Crippen LogP contribution in [0.4, 0.5) is 0 Å². The maximum absolute atomic E-state index is 12.9. The molecule has 0 fully saturated rings. The van der Waals surface area contributed by atoms with Gasteiger partial charge >= 0.3 is 5.97 Å². The number of unbranched alkanes of at least 4 members (excludes halogenated alkanes) is 1. The molecule has 1 aromatic carbocycles. The van der Waals surface area contributed by atoms with Crippen LogP contribution in [0.3, 0.4) is 0 Å². The van der Waals surface area contributed by atoms with Crippen molar-refractivity contribution in [2.45, 2.75) is 112 Å². The quantitative estimate of drug-likeness (QED) is 0.236. The molecular formula is C30H52N2O4. The predicted octanol–water partition coefficient (Wildman–Crippen LogP) is 5.30. The minimum atomic E-state index is -0.752. The van der Waals surface area contributed by atoms with E-state index >= 15 is 0 Å². The topological polar surface area (TPSA) is 102 Å². The van der Waals surface area contributed by atoms with Crippen LogP contribution >= 0.6 is 0 Å². The number of carbonyl (C=O) groups excluding carboxylic acids is 2. The van der Waals surface area contributed by atoms with Crippen LogP contribution in [0.1, 0.15) is 108 Å². The zero-order valence-corrected chi connectivity index (χ0v) is 24.2. The minimum absolute atomic E-state index is 0.0313. The lowest BCUT2D eigenvalue weighted by Gasteiger charge is -2.30. The zero-order valence-electron chi connectivity index (χ0n) is 24.2. The van der Waals surface area contributed by atoms with E-state index in [1.807, 2.05) is 20.8 Å². The van der Waals surface area contributed by atoms with E-state index in [0.717, 1.165) is 36.0 Å². The lowest BCUT2D eigenvalue weighted by Crippen LogP contribution is -2.41. The average Bonchev–Trinajstić information content (AvgIpc) is 2.78. The van der Waals surface area contributed by atoms with E-state index < -0.39 is 12.1 Å². The smallest absolute Gasteiger partial charge is 0.338 e. The van der Waals surface area contributed by atoms with Gasteiger partial charge in [0.25, 0.3) is 0 Å². The summed E-state index contributed by atoms with van der Waals surface area (Å²) in [5.74, 6) is -0.0413. The standard InChI is InChI=1S/C30H52N2O4/c1-10-12-15-32-28(34)20(5)16-26(33)25(31)18-23(19(3)4)17-22-13-14-24(30(7,8)9)27(21(22)6)29(35)36-11-2/h13-14,19-20,23,25-26,33H,10-12,15-18,31H2,1-9H3,(H,32,34)/t20-,23+,25+,26+/m1/s1. The lowest BCUT2D eigenvalue weighted by atomic mass is 9.77. The summed E-state index contributed by atoms with van der Waals surface area (Å²) < 4.78 is 5.41. The number of benzene rings is 1. The molecule has 4 atom stereocenters. The van der Waals surface area contributed by atoms with Gasteiger partial charge < -0.3 is 20.9 Å². The molecule has 0 aromatic heterocycles. The van der Waals surface area contributed by atoms with Gasteiger partial charge in [-0.05, 0) is 73.5 Å². The van der Waals surface area contributed by atoms with Crippen LogP contribution in [0.25, 0.3) is 0 Å². The molecule has 0 aliphatic rings. The highest BCUT2D eigenvalue weighted by atomic mass is 16.5. The van der Waals surface area contributed by atoms with Crippen molar-refractivity contribution >= 4 is 11.9 Å². The van der Waals surface area contributed by atoms with Crippen molar-refractivity contribution in [1.82, 2.24) is 5.32 Å². The zero-order chi connectivity index (χ0) is 27.6. The van der Waals surface area contributed by atoms with Crippen LogP contribution in [0.2, 0.25) is 0 Å². The number of aliphatic hydroxyl groups is 1. The summed E-state index contributed by atoms with van der Waals surface area (Å²) in [6, 6.07) is 3.75. The molecule has 6 nitrogen and oxygen atoms in total. The largest absolute Gasteiger partial charge is 0.462 e. The molecule has 0 bridgehead atoms. The molecule has 0 aliphatic heterocycles. The first-order valence-electron chi connectivity index (χ1n) is 13.8. The molecule has 206 valence electrons. The molecular weight excluding hydrogens is 452 g/mol. The van der Waals surface area contributed by atoms with E-state index in [-0.39, 0.29) is 29.1 Å². The number of hydrogen-bond donors (Lipinski definition) is 3. The van der Waals surface area contributed by atoms with E-state index in [0.29, 0.717) is 37.5 Å². The fourth-order valence-corrected chi connectivity index (χ4v) is 4.65. The van der Waals surface area contributed by atoms with Gasteiger partial charge in [0.2, 0.25) is 5.91 Å². The molecule has 6 heteroatoms. The van der Waals surface area contributed by atoms with Crippen molar-refractivity contribution in [3.63, 3.8) is 0 Å². The van der Waals surface area contributed by atoms with E-state index in [9.17, 15) is 14.7 Å². The van der Waals surface area contributed by atoms with Gasteiger partial charge in [0, 0.05) is 18.5 Å². The van der Waals surface area contributed by atoms with Gasteiger partial charge in [-0.3, -0.25) is 4.79 Å². The van der Waals surface area contributed by atoms with Gasteiger partial charge in [0.15, 0.2) is 0 Å². The third-order valence-corrected chi connectivity index (χ3v) is 7.23. The highest BCUT2D eigenvalue weighted by Gasteiger charge is 2.29. The molecule has 36 heavy (non-hydrogen) atoms. The second kappa shape index (κ2) is 14.7. The van der Waals surface area contributed by atoms with Gasteiger partial charge in [-0.1, -0.05) is 67.0 Å². The third kappa shape index (κ3) is 9.51. The molecule has 0 heterocycles. The molecule has 1 aromatic rings. The number of esters is 1. The van der Waals surface area contributed by atoms with Crippen LogP contribution in [0.5, 0.6) is 0 Å². The Kier molecular flexibility index (Phi) is 13.1. The van der Waals surface area contributed by atoms with Gasteiger partial charge in [-0.2, -0.15) is 0 Å². The Bertz CT molecular complexity index is 844. The van der Waals surface area contributed by atoms with Crippen LogP contribution < -0.4 is 11.1 Å². The number of nitrogens with one attached hydrogen (secondary N) is 1. The third-order valence-electron chi connectivity index (χ3n) is 7.23. The summed E-state index contributed by atoms with van der Waals surface area (Å²) in [5.41, 5.74) is 9.99. The lowest BCUT2D eigenvalue weighted by molar-refractivity contribution is -0.125. The SMILES string of the molecule is CCCCNC(=O)[C@H](C)C[C@H](O)[C@@H](N)C[C@H](Cc1ccc(C(C)(C)C)c(C(=O)OCC)c1C)C(C)C. The summed E-state index contributed by atoms with van der Waals surface area (Å²) in [6.07, 6.45) is 2.96. The van der Waals surface area contributed by atoms with E-state index in [1.54, 1.807) is 0 Å². The van der Waals surface area contributed by atoms with Crippen LogP contribution in [0.15, 0.2) is 12.1 Å². The van der Waals surface area contributed by atoms with Gasteiger partial charge in [0.1, 0.15) is 0 Å². The first-order chi connectivity index (χ1) is 16.7. The molecule has 1 amide bonds. The molecule has 0 spiro atoms. The van der Waals surface area contributed by atoms with Gasteiger partial charge in [0.05, 0.1) is 18.3 Å². The molecule has 1 rings (SSSR count). The Morgan fingerprint density at radius 2 is 1.75 bits per heavy atom. The fourth-order valence-electron chi connectivity index (χ4n) is 4.65. The Balaban J connectivity index is 3.03. The first-order valence-corrected chi connectivity index (χ1v) is 13.8. The molecule has 0 saturated carbocycles. The fraction of sp³-hybridized carbons (Fsp3) is 0.733. The van der Waals surface area contributed by atoms with Gasteiger partial charge in [-0.25, -0.2) is 4.79 Å². The summed E-state index contributed by atoms with van der Waals surface area (Å²) in [6.45, 7) is 19.4. The summed E-state index contributed by atoms with van der Waals surface area (Å²) in [4.78, 5) is 25.2. The van der Waals surface area contributed by atoms with Crippen molar-refractivity contribution < 1.29 is 19.4 Å². The molecule has 4 N–H and O–H groups in total. The van der Waals surface area contributed by atoms with Crippen molar-refractivity contribution in [3.05, 3.63) is 34.4 Å². The Morgan fingerprint density at radius 3 is 2.28 bits per heavy atom. The number of carbonyl (C=O) groups is 2. The maximum atomic E-state index is 12.9. The van der Waals surface area contributed by atoms with Crippen LogP contribution in [0, 0.1) is 24.7 Å². The van der Waals surface area contributed by atoms with Crippen LogP contribution in [-0.4, -0.2) is 42.3 Å². The van der Waals surface area contributed by atoms with E-state index in [2.05, 4.69) is 59.0 Å². The molecule has 0 saturated heterocycles. The monoisotopic (exact) mass is 504 g/mol. The average molecular weight is 505 g/mol. The minimum Gasteiger partial charge on any atom is -0.462 e. The highest BCUT2D eigenvalue weighted by molar-refractivity contribution is 5.93. The van der Waals surface area contributed by atoms with Crippen molar-refractivity contribution in [3.8, 4) is 0 Å². The summed E-state index contributed by atoms with van der Waals surface area (Å²) in [7, 11) is 0. The Labute approximate surface area is 219 Å². The molecule has 0 aliphatic carbocycles. The number of hydrogen-bond acceptors (Lipinski definition) is 5. The van der Waals surface area contributed by atoms with Crippen molar-refractivity contribution in [2.24, 2.45) is 23.5 Å². The number of rotatable bonds is 14. The van der Waals surface area contributed by atoms with Crippen molar-refractivity contribution in [2.75, 3.05) is 13.2 Å². The Hall–Kier alpha value is -1.92. The van der Waals surface area contributed by atoms with Gasteiger partial charge in [-0.15, -0.1) is 0 Å². The number of aliphatic hydroxyl groups excluding tert-OH is 1. The summed E-state index contributed by atoms with van der Waals surface area (Å²) >= 11 is 0. The highest BCUT2D eigenvalue weighted by Crippen LogP contribution is 2.33. The first kappa shape index (κ1) is 32.1. The predicted molar refractivity (Wildman–Crippen MR) is 148 cm³/mol. The Morgan fingerprint density at radius 1 is 1.11 bits per heavy atom. The molecule has 0 radical (unpaired) electrons. The normalized spacial score (nSPS) is 15.3. The van der Waals surface area contributed by atoms with E-state index in [1.165, 1.54) is 0 Å². The maximum Gasteiger partial charge on any atom is 0.338 e. The van der Waals surface area contributed by atoms with Crippen molar-refractivity contribution in [1.29, 1.82) is 0 Å². The number of ether oxygens (including phenoxy) is 1. The summed E-state index contributed by atoms with van der Waals surface area (Å²) in [5, 5.41) is 13.7. The number of nitrogens with two attached hydrogens (primary N) is 1. The second-order valence-corrected chi connectivity index (χ2v) is 11.7. The number of amides is 1. The second-order valence-electron chi connectivity index (χ2n) is 11.7. The molecule has 0 unspecified atom stereocenters.